The number of nitrogens with zero attached hydrogens (tertiary/aromatic N) is 1. The maximum absolute atomic E-state index is 6.47. The molecule has 2 atom stereocenters. The third kappa shape index (κ3) is 2.38. The number of hydrogen-bond acceptors (Lipinski definition) is 3. The van der Waals surface area contributed by atoms with Gasteiger partial charge < -0.3 is 10.5 Å². The van der Waals surface area contributed by atoms with Crippen molar-refractivity contribution in [2.24, 2.45) is 5.73 Å². The molecule has 1 aliphatic carbocycles. The molecule has 0 fully saturated rings. The van der Waals surface area contributed by atoms with E-state index in [0.717, 1.165) is 31.7 Å². The Hall–Kier alpha value is -1.06. The fourth-order valence-corrected chi connectivity index (χ4v) is 3.03. The minimum Gasteiger partial charge on any atom is -0.497 e. The average Bonchev–Trinajstić information content (AvgIpc) is 2.42. The van der Waals surface area contributed by atoms with Crippen molar-refractivity contribution in [1.82, 2.24) is 4.90 Å². The van der Waals surface area contributed by atoms with E-state index in [1.54, 1.807) is 7.11 Å². The number of fused-ring (bicyclic) bond motifs is 1. The van der Waals surface area contributed by atoms with E-state index in [1.807, 2.05) is 6.07 Å². The van der Waals surface area contributed by atoms with Gasteiger partial charge in [0.2, 0.25) is 0 Å². The van der Waals surface area contributed by atoms with E-state index in [9.17, 15) is 0 Å². The van der Waals surface area contributed by atoms with Gasteiger partial charge in [-0.2, -0.15) is 0 Å². The molecule has 0 bridgehead atoms. The maximum atomic E-state index is 6.47. The fourth-order valence-electron chi connectivity index (χ4n) is 3.03. The summed E-state index contributed by atoms with van der Waals surface area (Å²) in [6.45, 7) is 6.54. The lowest BCUT2D eigenvalue weighted by molar-refractivity contribution is 0.171. The first-order chi connectivity index (χ1) is 8.71. The highest BCUT2D eigenvalue weighted by atomic mass is 16.5. The summed E-state index contributed by atoms with van der Waals surface area (Å²) >= 11 is 0. The van der Waals surface area contributed by atoms with Gasteiger partial charge in [0.25, 0.3) is 0 Å². The van der Waals surface area contributed by atoms with Crippen LogP contribution in [0.5, 0.6) is 5.75 Å². The van der Waals surface area contributed by atoms with Gasteiger partial charge in [-0.1, -0.05) is 19.9 Å². The van der Waals surface area contributed by atoms with Crippen LogP contribution in [0.2, 0.25) is 0 Å². The number of methoxy groups -OCH3 is 1. The Morgan fingerprint density at radius 2 is 2.06 bits per heavy atom. The van der Waals surface area contributed by atoms with Crippen LogP contribution in [0.1, 0.15) is 37.4 Å². The lowest BCUT2D eigenvalue weighted by Crippen LogP contribution is -2.45. The van der Waals surface area contributed by atoms with Gasteiger partial charge in [-0.15, -0.1) is 0 Å². The zero-order valence-electron chi connectivity index (χ0n) is 11.6. The van der Waals surface area contributed by atoms with Crippen LogP contribution in [0, 0.1) is 0 Å². The molecule has 0 radical (unpaired) electrons. The molecule has 1 aromatic carbocycles. The number of likely N-dealkylation sites (N-methyl/N-ethyl adjacent to an activating group) is 1. The average molecular weight is 248 g/mol. The molecule has 2 N–H and O–H groups in total. The number of hydrogen-bond donors (Lipinski definition) is 1. The van der Waals surface area contributed by atoms with Gasteiger partial charge >= 0.3 is 0 Å². The van der Waals surface area contributed by atoms with E-state index < -0.39 is 0 Å². The second-order valence-corrected chi connectivity index (χ2v) is 4.92. The minimum atomic E-state index is 0.101. The molecule has 0 aliphatic heterocycles. The maximum Gasteiger partial charge on any atom is 0.119 e. The van der Waals surface area contributed by atoms with Gasteiger partial charge in [-0.3, -0.25) is 4.90 Å². The molecule has 0 heterocycles. The van der Waals surface area contributed by atoms with Crippen molar-refractivity contribution in [3.63, 3.8) is 0 Å². The molecule has 3 nitrogen and oxygen atoms in total. The third-order valence-electron chi connectivity index (χ3n) is 4.12. The number of benzene rings is 1. The Bertz CT molecular complexity index is 401. The first kappa shape index (κ1) is 13.4. The molecule has 2 unspecified atom stereocenters. The molecule has 1 aromatic rings. The van der Waals surface area contributed by atoms with Crippen molar-refractivity contribution >= 4 is 0 Å². The SMILES string of the molecule is CCN(CC)C1CCc2ccc(OC)cc2C1N. The Labute approximate surface area is 110 Å². The van der Waals surface area contributed by atoms with Gasteiger partial charge in [0.1, 0.15) is 5.75 Å². The van der Waals surface area contributed by atoms with Crippen molar-refractivity contribution in [2.75, 3.05) is 20.2 Å². The largest absolute Gasteiger partial charge is 0.497 e. The van der Waals surface area contributed by atoms with Gasteiger partial charge in [0, 0.05) is 12.1 Å². The molecule has 3 heteroatoms. The van der Waals surface area contributed by atoms with Crippen LogP contribution in [-0.2, 0) is 6.42 Å². The lowest BCUT2D eigenvalue weighted by Gasteiger charge is -2.38. The van der Waals surface area contributed by atoms with Gasteiger partial charge in [0.05, 0.1) is 7.11 Å². The van der Waals surface area contributed by atoms with E-state index >= 15 is 0 Å². The molecule has 18 heavy (non-hydrogen) atoms. The predicted molar refractivity (Wildman–Crippen MR) is 75.0 cm³/mol. The van der Waals surface area contributed by atoms with Crippen LogP contribution in [0.4, 0.5) is 0 Å². The summed E-state index contributed by atoms with van der Waals surface area (Å²) < 4.78 is 5.31. The number of ether oxygens (including phenoxy) is 1. The minimum absolute atomic E-state index is 0.101. The van der Waals surface area contributed by atoms with Gasteiger partial charge in [-0.25, -0.2) is 0 Å². The van der Waals surface area contributed by atoms with Crippen LogP contribution in [0.3, 0.4) is 0 Å². The van der Waals surface area contributed by atoms with Crippen molar-refractivity contribution < 1.29 is 4.74 Å². The van der Waals surface area contributed by atoms with E-state index in [2.05, 4.69) is 30.9 Å². The fraction of sp³-hybridized carbons (Fsp3) is 0.600. The van der Waals surface area contributed by atoms with Gasteiger partial charge in [-0.05, 0) is 49.2 Å². The first-order valence-corrected chi connectivity index (χ1v) is 6.87. The van der Waals surface area contributed by atoms with E-state index in [1.165, 1.54) is 11.1 Å². The van der Waals surface area contributed by atoms with E-state index in [0.29, 0.717) is 6.04 Å². The summed E-state index contributed by atoms with van der Waals surface area (Å²) in [5.41, 5.74) is 9.11. The Kier molecular flexibility index (Phi) is 4.25. The van der Waals surface area contributed by atoms with Crippen molar-refractivity contribution in [1.29, 1.82) is 0 Å². The lowest BCUT2D eigenvalue weighted by atomic mass is 9.83. The first-order valence-electron chi connectivity index (χ1n) is 6.87. The second kappa shape index (κ2) is 5.72. The highest BCUT2D eigenvalue weighted by molar-refractivity contribution is 5.40. The Morgan fingerprint density at radius 1 is 1.33 bits per heavy atom. The zero-order chi connectivity index (χ0) is 13.1. The molecule has 0 spiro atoms. The molecule has 0 saturated carbocycles. The van der Waals surface area contributed by atoms with Crippen molar-refractivity contribution in [3.8, 4) is 5.75 Å². The van der Waals surface area contributed by atoms with Crippen molar-refractivity contribution in [2.45, 2.75) is 38.8 Å². The topological polar surface area (TPSA) is 38.5 Å². The summed E-state index contributed by atoms with van der Waals surface area (Å²) in [6, 6.07) is 6.86. The quantitative estimate of drug-likeness (QED) is 0.889. The molecular weight excluding hydrogens is 224 g/mol. The smallest absolute Gasteiger partial charge is 0.119 e. The van der Waals surface area contributed by atoms with Crippen LogP contribution in [0.15, 0.2) is 18.2 Å². The summed E-state index contributed by atoms with van der Waals surface area (Å²) in [6.07, 6.45) is 2.27. The second-order valence-electron chi connectivity index (χ2n) is 4.92. The highest BCUT2D eigenvalue weighted by Crippen LogP contribution is 2.33. The molecular formula is C15H24N2O. The van der Waals surface area contributed by atoms with Crippen LogP contribution in [0.25, 0.3) is 0 Å². The van der Waals surface area contributed by atoms with Gasteiger partial charge in [0.15, 0.2) is 0 Å². The monoisotopic (exact) mass is 248 g/mol. The summed E-state index contributed by atoms with van der Waals surface area (Å²) in [5, 5.41) is 0. The highest BCUT2D eigenvalue weighted by Gasteiger charge is 2.30. The number of nitrogens with two attached hydrogens (primary N) is 1. The van der Waals surface area contributed by atoms with E-state index in [-0.39, 0.29) is 6.04 Å². The molecule has 2 rings (SSSR count). The molecule has 1 aliphatic rings. The summed E-state index contributed by atoms with van der Waals surface area (Å²) in [5.74, 6) is 0.907. The number of rotatable bonds is 4. The molecule has 0 aromatic heterocycles. The number of aryl methyl sites for hydroxylation is 1. The zero-order valence-corrected chi connectivity index (χ0v) is 11.6. The Morgan fingerprint density at radius 3 is 2.67 bits per heavy atom. The Balaban J connectivity index is 2.28. The summed E-state index contributed by atoms with van der Waals surface area (Å²) in [7, 11) is 1.71. The summed E-state index contributed by atoms with van der Waals surface area (Å²) in [4.78, 5) is 2.47. The predicted octanol–water partition coefficient (Wildman–Crippen LogP) is 2.35. The van der Waals surface area contributed by atoms with Crippen LogP contribution in [-0.4, -0.2) is 31.1 Å². The molecule has 0 saturated heterocycles. The van der Waals surface area contributed by atoms with Crippen molar-refractivity contribution in [3.05, 3.63) is 29.3 Å². The molecule has 0 amide bonds. The standard InChI is InChI=1S/C15H24N2O/c1-4-17(5-2)14-9-7-11-6-8-12(18-3)10-13(11)15(14)16/h6,8,10,14-15H,4-5,7,9,16H2,1-3H3. The van der Waals surface area contributed by atoms with Crippen LogP contribution >= 0.6 is 0 Å². The molecule has 100 valence electrons. The third-order valence-corrected chi connectivity index (χ3v) is 4.12. The van der Waals surface area contributed by atoms with E-state index in [4.69, 9.17) is 10.5 Å². The normalized spacial score (nSPS) is 22.9. The van der Waals surface area contributed by atoms with Crippen LogP contribution < -0.4 is 10.5 Å².